The molecule has 148 valence electrons. The number of carboxylic acid groups (broad SMARTS) is 1. The van der Waals surface area contributed by atoms with Gasteiger partial charge in [-0.3, -0.25) is 14.4 Å². The molecule has 0 aliphatic carbocycles. The lowest BCUT2D eigenvalue weighted by atomic mass is 9.92. The van der Waals surface area contributed by atoms with Crippen molar-refractivity contribution < 1.29 is 19.5 Å². The molecule has 1 aliphatic rings. The molecule has 1 aromatic rings. The Morgan fingerprint density at radius 1 is 1.26 bits per heavy atom. The molecule has 2 unspecified atom stereocenters. The predicted octanol–water partition coefficient (Wildman–Crippen LogP) is 2.66. The van der Waals surface area contributed by atoms with Gasteiger partial charge in [0.05, 0.1) is 12.5 Å². The summed E-state index contributed by atoms with van der Waals surface area (Å²) in [4.78, 5) is 39.3. The highest BCUT2D eigenvalue weighted by Gasteiger charge is 2.29. The van der Waals surface area contributed by atoms with Gasteiger partial charge in [0.25, 0.3) is 0 Å². The number of nitrogens with zero attached hydrogens (tertiary/aromatic N) is 2. The first-order valence-corrected chi connectivity index (χ1v) is 9.63. The maximum Gasteiger partial charge on any atom is 0.308 e. The van der Waals surface area contributed by atoms with E-state index in [9.17, 15) is 14.4 Å². The first-order valence-electron chi connectivity index (χ1n) is 9.63. The van der Waals surface area contributed by atoms with Crippen molar-refractivity contribution in [1.82, 2.24) is 9.80 Å². The summed E-state index contributed by atoms with van der Waals surface area (Å²) >= 11 is 0. The van der Waals surface area contributed by atoms with Crippen molar-refractivity contribution in [1.29, 1.82) is 0 Å². The summed E-state index contributed by atoms with van der Waals surface area (Å²) in [5.74, 6) is -1.49. The van der Waals surface area contributed by atoms with Crippen molar-refractivity contribution in [3.63, 3.8) is 0 Å². The minimum atomic E-state index is -0.860. The van der Waals surface area contributed by atoms with Crippen molar-refractivity contribution in [2.24, 2.45) is 5.92 Å². The molecule has 2 amide bonds. The van der Waals surface area contributed by atoms with Gasteiger partial charge in [0, 0.05) is 26.6 Å². The Kier molecular flexibility index (Phi) is 7.39. The number of aliphatic carboxylic acids is 1. The number of amides is 2. The quantitative estimate of drug-likeness (QED) is 0.796. The van der Waals surface area contributed by atoms with Crippen LogP contribution in [-0.2, 0) is 14.4 Å². The third kappa shape index (κ3) is 5.81. The minimum Gasteiger partial charge on any atom is -0.481 e. The normalized spacial score (nSPS) is 18.0. The molecule has 1 aliphatic heterocycles. The summed E-state index contributed by atoms with van der Waals surface area (Å²) in [6.45, 7) is 4.88. The average molecular weight is 374 g/mol. The van der Waals surface area contributed by atoms with Crippen LogP contribution in [0, 0.1) is 12.8 Å². The maximum absolute atomic E-state index is 12.6. The van der Waals surface area contributed by atoms with Crippen LogP contribution in [0.15, 0.2) is 24.3 Å². The van der Waals surface area contributed by atoms with Gasteiger partial charge in [0.15, 0.2) is 0 Å². The van der Waals surface area contributed by atoms with Crippen LogP contribution < -0.4 is 0 Å². The number of benzene rings is 1. The topological polar surface area (TPSA) is 77.9 Å². The summed E-state index contributed by atoms with van der Waals surface area (Å²) < 4.78 is 0. The first-order chi connectivity index (χ1) is 12.8. The number of carbonyl (C=O) groups is 3. The second-order valence-electron chi connectivity index (χ2n) is 7.49. The van der Waals surface area contributed by atoms with E-state index in [-0.39, 0.29) is 30.8 Å². The van der Waals surface area contributed by atoms with Gasteiger partial charge in [-0.25, -0.2) is 0 Å². The summed E-state index contributed by atoms with van der Waals surface area (Å²) in [6, 6.07) is 8.21. The molecule has 0 radical (unpaired) electrons. The molecule has 0 aromatic heterocycles. The number of carbonyl (C=O) groups excluding carboxylic acids is 2. The number of hydrogen-bond acceptors (Lipinski definition) is 3. The molecule has 6 nitrogen and oxygen atoms in total. The molecule has 1 heterocycles. The lowest BCUT2D eigenvalue weighted by molar-refractivity contribution is -0.147. The highest BCUT2D eigenvalue weighted by atomic mass is 16.4. The second kappa shape index (κ2) is 9.53. The number of carboxylic acids is 1. The van der Waals surface area contributed by atoms with Gasteiger partial charge in [-0.2, -0.15) is 0 Å². The summed E-state index contributed by atoms with van der Waals surface area (Å²) in [7, 11) is 1.64. The van der Waals surface area contributed by atoms with Crippen molar-refractivity contribution >= 4 is 17.8 Å². The zero-order chi connectivity index (χ0) is 20.0. The van der Waals surface area contributed by atoms with E-state index in [2.05, 4.69) is 19.1 Å². The third-order valence-electron chi connectivity index (χ3n) is 5.38. The zero-order valence-corrected chi connectivity index (χ0v) is 16.5. The zero-order valence-electron chi connectivity index (χ0n) is 16.5. The highest BCUT2D eigenvalue weighted by Crippen LogP contribution is 2.24. The number of aryl methyl sites for hydroxylation is 1. The van der Waals surface area contributed by atoms with E-state index in [1.165, 1.54) is 10.5 Å². The molecule has 27 heavy (non-hydrogen) atoms. The molecule has 0 saturated carbocycles. The van der Waals surface area contributed by atoms with Crippen LogP contribution in [-0.4, -0.2) is 59.4 Å². The van der Waals surface area contributed by atoms with Gasteiger partial charge >= 0.3 is 5.97 Å². The number of likely N-dealkylation sites (tertiary alicyclic amines) is 1. The van der Waals surface area contributed by atoms with Crippen LogP contribution in [0.2, 0.25) is 0 Å². The fourth-order valence-electron chi connectivity index (χ4n) is 3.50. The third-order valence-corrected chi connectivity index (χ3v) is 5.38. The van der Waals surface area contributed by atoms with Crippen molar-refractivity contribution in [3.05, 3.63) is 35.4 Å². The van der Waals surface area contributed by atoms with Crippen molar-refractivity contribution in [2.75, 3.05) is 26.7 Å². The lowest BCUT2D eigenvalue weighted by Gasteiger charge is -2.32. The molecule has 0 spiro atoms. The molecule has 1 aromatic carbocycles. The van der Waals surface area contributed by atoms with Crippen LogP contribution in [0.25, 0.3) is 0 Å². The Morgan fingerprint density at radius 2 is 1.93 bits per heavy atom. The fourth-order valence-corrected chi connectivity index (χ4v) is 3.50. The molecule has 0 bridgehead atoms. The molecule has 1 fully saturated rings. The van der Waals surface area contributed by atoms with E-state index < -0.39 is 11.9 Å². The van der Waals surface area contributed by atoms with Crippen molar-refractivity contribution in [3.8, 4) is 0 Å². The predicted molar refractivity (Wildman–Crippen MR) is 103 cm³/mol. The molecule has 1 saturated heterocycles. The van der Waals surface area contributed by atoms with Crippen molar-refractivity contribution in [2.45, 2.75) is 45.4 Å². The Morgan fingerprint density at radius 3 is 2.52 bits per heavy atom. The van der Waals surface area contributed by atoms with E-state index in [1.807, 2.05) is 19.1 Å². The number of rotatable bonds is 7. The Balaban J connectivity index is 1.91. The SMILES string of the molecule is CCC(CC(=O)N(C)CC(=O)N1CCCC(C(=O)O)C1)c1ccc(C)cc1. The highest BCUT2D eigenvalue weighted by molar-refractivity contribution is 5.85. The van der Waals surface area contributed by atoms with Gasteiger partial charge in [-0.15, -0.1) is 0 Å². The second-order valence-corrected chi connectivity index (χ2v) is 7.49. The van der Waals surface area contributed by atoms with Crippen LogP contribution >= 0.6 is 0 Å². The molecular formula is C21H30N2O4. The van der Waals surface area contributed by atoms with Crippen LogP contribution in [0.1, 0.15) is 49.7 Å². The van der Waals surface area contributed by atoms with E-state index in [1.54, 1.807) is 11.9 Å². The van der Waals surface area contributed by atoms with E-state index >= 15 is 0 Å². The average Bonchev–Trinajstić information content (AvgIpc) is 2.66. The Hall–Kier alpha value is -2.37. The molecule has 2 rings (SSSR count). The Bertz CT molecular complexity index is 671. The van der Waals surface area contributed by atoms with E-state index in [0.717, 1.165) is 12.0 Å². The molecule has 1 N–H and O–H groups in total. The number of piperidine rings is 1. The number of hydrogen-bond donors (Lipinski definition) is 1. The van der Waals surface area contributed by atoms with Crippen LogP contribution in [0.3, 0.4) is 0 Å². The van der Waals surface area contributed by atoms with E-state index in [0.29, 0.717) is 25.8 Å². The standard InChI is InChI=1S/C21H30N2O4/c1-4-16(17-9-7-15(2)8-10-17)12-19(24)22(3)14-20(25)23-11-5-6-18(13-23)21(26)27/h7-10,16,18H,4-6,11-14H2,1-3H3,(H,26,27). The van der Waals surface area contributed by atoms with Gasteiger partial charge in [-0.05, 0) is 37.7 Å². The maximum atomic E-state index is 12.6. The summed E-state index contributed by atoms with van der Waals surface area (Å²) in [5, 5.41) is 9.16. The van der Waals surface area contributed by atoms with Gasteiger partial charge in [0.2, 0.25) is 11.8 Å². The van der Waals surface area contributed by atoms with E-state index in [4.69, 9.17) is 5.11 Å². The molecular weight excluding hydrogens is 344 g/mol. The van der Waals surface area contributed by atoms with Gasteiger partial charge in [-0.1, -0.05) is 36.8 Å². The molecule has 2 atom stereocenters. The number of likely N-dealkylation sites (N-methyl/N-ethyl adjacent to an activating group) is 1. The van der Waals surface area contributed by atoms with Crippen LogP contribution in [0.4, 0.5) is 0 Å². The molecule has 6 heteroatoms. The van der Waals surface area contributed by atoms with Crippen LogP contribution in [0.5, 0.6) is 0 Å². The fraction of sp³-hybridized carbons (Fsp3) is 0.571. The smallest absolute Gasteiger partial charge is 0.308 e. The van der Waals surface area contributed by atoms with Gasteiger partial charge in [0.1, 0.15) is 0 Å². The monoisotopic (exact) mass is 374 g/mol. The minimum absolute atomic E-state index is 0.00446. The largest absolute Gasteiger partial charge is 0.481 e. The Labute approximate surface area is 161 Å². The summed E-state index contributed by atoms with van der Waals surface area (Å²) in [5.41, 5.74) is 2.32. The lowest BCUT2D eigenvalue weighted by Crippen LogP contribution is -2.47. The first kappa shape index (κ1) is 20.9. The van der Waals surface area contributed by atoms with Gasteiger partial charge < -0.3 is 14.9 Å². The summed E-state index contributed by atoms with van der Waals surface area (Å²) in [6.07, 6.45) is 2.50.